The molecule has 0 fully saturated rings. The first-order valence-electron chi connectivity index (χ1n) is 7.16. The van der Waals surface area contributed by atoms with Crippen molar-refractivity contribution in [2.24, 2.45) is 0 Å². The number of rotatable bonds is 5. The smallest absolute Gasteiger partial charge is 0.303 e. The van der Waals surface area contributed by atoms with Crippen molar-refractivity contribution in [3.05, 3.63) is 70.9 Å². The maximum absolute atomic E-state index is 10.8. The van der Waals surface area contributed by atoms with Crippen LogP contribution in [0.1, 0.15) is 17.5 Å². The van der Waals surface area contributed by atoms with Crippen LogP contribution in [-0.2, 0) is 17.8 Å². The zero-order valence-electron chi connectivity index (χ0n) is 12.0. The Morgan fingerprint density at radius 2 is 1.95 bits per heavy atom. The van der Waals surface area contributed by atoms with Gasteiger partial charge in [-0.2, -0.15) is 0 Å². The molecule has 0 radical (unpaired) electrons. The molecule has 0 spiro atoms. The number of benzene rings is 2. The van der Waals surface area contributed by atoms with Crippen LogP contribution in [0.3, 0.4) is 0 Å². The number of halogens is 1. The molecule has 0 aliphatic heterocycles. The van der Waals surface area contributed by atoms with E-state index in [1.165, 1.54) is 0 Å². The highest BCUT2D eigenvalue weighted by molar-refractivity contribution is 6.30. The van der Waals surface area contributed by atoms with Gasteiger partial charge < -0.3 is 9.67 Å². The fourth-order valence-corrected chi connectivity index (χ4v) is 2.94. The number of aliphatic carboxylic acids is 1. The van der Waals surface area contributed by atoms with Crippen molar-refractivity contribution in [1.82, 2.24) is 4.57 Å². The van der Waals surface area contributed by atoms with E-state index in [2.05, 4.69) is 16.8 Å². The van der Waals surface area contributed by atoms with E-state index in [9.17, 15) is 4.79 Å². The number of para-hydroxylation sites is 1. The molecule has 4 heteroatoms. The van der Waals surface area contributed by atoms with Crippen LogP contribution in [0.15, 0.2) is 54.7 Å². The Kier molecular flexibility index (Phi) is 4.16. The van der Waals surface area contributed by atoms with Gasteiger partial charge in [0.1, 0.15) is 0 Å². The monoisotopic (exact) mass is 313 g/mol. The molecule has 0 amide bonds. The zero-order chi connectivity index (χ0) is 15.5. The van der Waals surface area contributed by atoms with Crippen LogP contribution in [-0.4, -0.2) is 15.6 Å². The molecule has 0 aliphatic carbocycles. The lowest BCUT2D eigenvalue weighted by molar-refractivity contribution is -0.136. The van der Waals surface area contributed by atoms with Gasteiger partial charge >= 0.3 is 5.97 Å². The number of carbonyl (C=O) groups is 1. The number of hydrogen-bond donors (Lipinski definition) is 1. The summed E-state index contributed by atoms with van der Waals surface area (Å²) >= 11 is 6.04. The average Bonchev–Trinajstić information content (AvgIpc) is 2.84. The predicted molar refractivity (Wildman–Crippen MR) is 88.4 cm³/mol. The van der Waals surface area contributed by atoms with E-state index in [0.717, 1.165) is 27.1 Å². The highest BCUT2D eigenvalue weighted by atomic mass is 35.5. The maximum atomic E-state index is 10.8. The first-order chi connectivity index (χ1) is 10.6. The highest BCUT2D eigenvalue weighted by Crippen LogP contribution is 2.24. The Labute approximate surface area is 133 Å². The molecule has 0 saturated heterocycles. The predicted octanol–water partition coefficient (Wildman–Crippen LogP) is 4.36. The molecule has 0 aliphatic rings. The summed E-state index contributed by atoms with van der Waals surface area (Å²) in [6.45, 7) is 0.716. The van der Waals surface area contributed by atoms with Gasteiger partial charge in [0.2, 0.25) is 0 Å². The summed E-state index contributed by atoms with van der Waals surface area (Å²) in [7, 11) is 0. The van der Waals surface area contributed by atoms with Gasteiger partial charge in [0.05, 0.1) is 0 Å². The summed E-state index contributed by atoms with van der Waals surface area (Å²) in [6.07, 6.45) is 2.73. The second kappa shape index (κ2) is 6.24. The molecule has 0 unspecified atom stereocenters. The minimum Gasteiger partial charge on any atom is -0.481 e. The lowest BCUT2D eigenvalue weighted by atomic mass is 10.1. The van der Waals surface area contributed by atoms with Crippen LogP contribution in [0.25, 0.3) is 10.9 Å². The van der Waals surface area contributed by atoms with Crippen LogP contribution >= 0.6 is 11.6 Å². The van der Waals surface area contributed by atoms with E-state index in [0.29, 0.717) is 13.0 Å². The van der Waals surface area contributed by atoms with Crippen LogP contribution < -0.4 is 0 Å². The van der Waals surface area contributed by atoms with Crippen LogP contribution in [0, 0.1) is 0 Å². The van der Waals surface area contributed by atoms with Gasteiger partial charge in [0.25, 0.3) is 0 Å². The number of carboxylic acids is 1. The first kappa shape index (κ1) is 14.7. The zero-order valence-corrected chi connectivity index (χ0v) is 12.8. The second-order valence-electron chi connectivity index (χ2n) is 5.32. The summed E-state index contributed by atoms with van der Waals surface area (Å²) in [6, 6.07) is 15.9. The van der Waals surface area contributed by atoms with Crippen molar-refractivity contribution in [3.63, 3.8) is 0 Å². The largest absolute Gasteiger partial charge is 0.481 e. The Hall–Kier alpha value is -2.26. The minimum absolute atomic E-state index is 0.144. The second-order valence-corrected chi connectivity index (χ2v) is 5.76. The molecule has 0 bridgehead atoms. The van der Waals surface area contributed by atoms with E-state index >= 15 is 0 Å². The fraction of sp³-hybridized carbons (Fsp3) is 0.167. The molecule has 0 atom stereocenters. The van der Waals surface area contributed by atoms with Gasteiger partial charge in [-0.15, -0.1) is 0 Å². The molecule has 1 heterocycles. The lowest BCUT2D eigenvalue weighted by Crippen LogP contribution is -1.98. The average molecular weight is 314 g/mol. The third-order valence-corrected chi connectivity index (χ3v) is 3.96. The highest BCUT2D eigenvalue weighted by Gasteiger charge is 2.10. The maximum Gasteiger partial charge on any atom is 0.303 e. The molecule has 1 N–H and O–H groups in total. The quantitative estimate of drug-likeness (QED) is 0.760. The number of aryl methyl sites for hydroxylation is 1. The number of fused-ring (bicyclic) bond motifs is 1. The SMILES string of the molecule is O=C(O)CCc1cn(Cc2cccc(Cl)c2)c2ccccc12. The topological polar surface area (TPSA) is 42.2 Å². The van der Waals surface area contributed by atoms with Gasteiger partial charge in [-0.3, -0.25) is 4.79 Å². The van der Waals surface area contributed by atoms with E-state index in [1.54, 1.807) is 0 Å². The van der Waals surface area contributed by atoms with Crippen molar-refractivity contribution in [2.45, 2.75) is 19.4 Å². The van der Waals surface area contributed by atoms with E-state index in [-0.39, 0.29) is 6.42 Å². The summed E-state index contributed by atoms with van der Waals surface area (Å²) in [5, 5.41) is 10.7. The number of nitrogens with zero attached hydrogens (tertiary/aromatic N) is 1. The van der Waals surface area contributed by atoms with Crippen molar-refractivity contribution in [1.29, 1.82) is 0 Å². The normalized spacial score (nSPS) is 11.0. The molecule has 3 nitrogen and oxygen atoms in total. The summed E-state index contributed by atoms with van der Waals surface area (Å²) in [4.78, 5) is 10.8. The van der Waals surface area contributed by atoms with Gasteiger partial charge in [0, 0.05) is 35.1 Å². The molecule has 3 rings (SSSR count). The molecule has 0 saturated carbocycles. The van der Waals surface area contributed by atoms with E-state index in [1.807, 2.05) is 42.5 Å². The van der Waals surface area contributed by atoms with Crippen molar-refractivity contribution < 1.29 is 9.90 Å². The molecule has 1 aromatic heterocycles. The number of carboxylic acid groups (broad SMARTS) is 1. The lowest BCUT2D eigenvalue weighted by Gasteiger charge is -2.06. The standard InChI is InChI=1S/C18H16ClNO2/c19-15-5-3-4-13(10-15)11-20-12-14(8-9-18(21)22)16-6-1-2-7-17(16)20/h1-7,10,12H,8-9,11H2,(H,21,22). The fourth-order valence-electron chi connectivity index (χ4n) is 2.73. The number of aromatic nitrogens is 1. The van der Waals surface area contributed by atoms with Gasteiger partial charge in [-0.05, 0) is 35.7 Å². The third-order valence-electron chi connectivity index (χ3n) is 3.72. The van der Waals surface area contributed by atoms with Crippen LogP contribution in [0.4, 0.5) is 0 Å². The van der Waals surface area contributed by atoms with Crippen molar-refractivity contribution >= 4 is 28.5 Å². The molecule has 2 aromatic carbocycles. The molecule has 22 heavy (non-hydrogen) atoms. The van der Waals surface area contributed by atoms with Crippen LogP contribution in [0.2, 0.25) is 5.02 Å². The minimum atomic E-state index is -0.772. The Balaban J connectivity index is 1.97. The third kappa shape index (κ3) is 3.15. The Bertz CT molecular complexity index is 823. The molecule has 112 valence electrons. The van der Waals surface area contributed by atoms with Gasteiger partial charge in [-0.25, -0.2) is 0 Å². The van der Waals surface area contributed by atoms with Crippen molar-refractivity contribution in [2.75, 3.05) is 0 Å². The van der Waals surface area contributed by atoms with E-state index in [4.69, 9.17) is 16.7 Å². The first-order valence-corrected chi connectivity index (χ1v) is 7.54. The Morgan fingerprint density at radius 1 is 1.14 bits per heavy atom. The molecule has 3 aromatic rings. The summed E-state index contributed by atoms with van der Waals surface area (Å²) in [5.74, 6) is -0.772. The summed E-state index contributed by atoms with van der Waals surface area (Å²) in [5.41, 5.74) is 3.31. The van der Waals surface area contributed by atoms with Gasteiger partial charge in [0.15, 0.2) is 0 Å². The Morgan fingerprint density at radius 3 is 2.73 bits per heavy atom. The van der Waals surface area contributed by atoms with Crippen molar-refractivity contribution in [3.8, 4) is 0 Å². The van der Waals surface area contributed by atoms with Crippen LogP contribution in [0.5, 0.6) is 0 Å². The van der Waals surface area contributed by atoms with Gasteiger partial charge in [-0.1, -0.05) is 41.9 Å². The summed E-state index contributed by atoms with van der Waals surface area (Å²) < 4.78 is 2.15. The van der Waals surface area contributed by atoms with E-state index < -0.39 is 5.97 Å². The number of hydrogen-bond acceptors (Lipinski definition) is 1. The molecular formula is C18H16ClNO2. The molecular weight excluding hydrogens is 298 g/mol.